The number of carbonyl (C=O) groups is 2. The van der Waals surface area contributed by atoms with Crippen LogP contribution in [0.15, 0.2) is 0 Å². The van der Waals surface area contributed by atoms with E-state index in [0.717, 1.165) is 6.42 Å². The van der Waals surface area contributed by atoms with Crippen molar-refractivity contribution in [2.24, 2.45) is 11.8 Å². The Morgan fingerprint density at radius 2 is 2.12 bits per heavy atom. The smallest absolute Gasteiger partial charge is 0.326 e. The van der Waals surface area contributed by atoms with Crippen molar-refractivity contribution in [3.8, 4) is 0 Å². The summed E-state index contributed by atoms with van der Waals surface area (Å²) in [5.41, 5.74) is 0. The summed E-state index contributed by atoms with van der Waals surface area (Å²) in [6.45, 7) is 4.60. The molecule has 0 saturated heterocycles. The van der Waals surface area contributed by atoms with Crippen LogP contribution in [0, 0.1) is 11.8 Å². The molecular formula is C11H20N2O3. The van der Waals surface area contributed by atoms with Gasteiger partial charge >= 0.3 is 12.0 Å². The number of hydrogen-bond acceptors (Lipinski definition) is 2. The normalized spacial score (nSPS) is 24.7. The summed E-state index contributed by atoms with van der Waals surface area (Å²) in [5, 5.41) is 11.3. The van der Waals surface area contributed by atoms with Crippen molar-refractivity contribution in [2.75, 3.05) is 13.6 Å². The molecule has 5 nitrogen and oxygen atoms in total. The Bertz CT molecular complexity index is 280. The van der Waals surface area contributed by atoms with Gasteiger partial charge in [-0.3, -0.25) is 0 Å². The molecule has 16 heavy (non-hydrogen) atoms. The number of urea groups is 1. The lowest BCUT2D eigenvalue weighted by atomic mass is 10.2. The van der Waals surface area contributed by atoms with Crippen molar-refractivity contribution in [2.45, 2.75) is 32.7 Å². The van der Waals surface area contributed by atoms with Crippen LogP contribution in [0.5, 0.6) is 0 Å². The second-order valence-corrected chi connectivity index (χ2v) is 4.60. The highest BCUT2D eigenvalue weighted by Crippen LogP contribution is 2.37. The van der Waals surface area contributed by atoms with E-state index in [4.69, 9.17) is 5.11 Å². The Hall–Kier alpha value is -1.26. The molecule has 0 heterocycles. The molecule has 1 fully saturated rings. The number of rotatable bonds is 5. The standard InChI is InChI=1S/C11H20N2O3/c1-4-9(10(14)15)12-11(16)13(3)6-8-5-7(8)2/h7-9H,4-6H2,1-3H3,(H,12,16)(H,14,15)/t7?,8?,9-/m1/s1. The van der Waals surface area contributed by atoms with Gasteiger partial charge in [-0.1, -0.05) is 13.8 Å². The van der Waals surface area contributed by atoms with Gasteiger partial charge in [0.1, 0.15) is 6.04 Å². The molecule has 3 atom stereocenters. The Balaban J connectivity index is 2.35. The van der Waals surface area contributed by atoms with Gasteiger partial charge in [-0.25, -0.2) is 9.59 Å². The van der Waals surface area contributed by atoms with Gasteiger partial charge in [0.15, 0.2) is 0 Å². The molecule has 1 aliphatic rings. The van der Waals surface area contributed by atoms with Crippen molar-refractivity contribution < 1.29 is 14.7 Å². The topological polar surface area (TPSA) is 69.6 Å². The molecule has 0 aromatic heterocycles. The molecule has 0 aromatic carbocycles. The summed E-state index contributed by atoms with van der Waals surface area (Å²) in [6.07, 6.45) is 1.56. The third-order valence-electron chi connectivity index (χ3n) is 3.14. The number of aliphatic carboxylic acids is 1. The average Bonchev–Trinajstić information content (AvgIpc) is 2.89. The first-order valence-electron chi connectivity index (χ1n) is 5.70. The number of amides is 2. The molecule has 0 spiro atoms. The predicted molar refractivity (Wildman–Crippen MR) is 60.1 cm³/mol. The third kappa shape index (κ3) is 3.40. The van der Waals surface area contributed by atoms with Crippen LogP contribution in [-0.2, 0) is 4.79 Å². The van der Waals surface area contributed by atoms with Gasteiger partial charge in [0.2, 0.25) is 0 Å². The molecule has 1 saturated carbocycles. The molecule has 2 amide bonds. The van der Waals surface area contributed by atoms with Crippen molar-refractivity contribution in [1.29, 1.82) is 0 Å². The fraction of sp³-hybridized carbons (Fsp3) is 0.818. The summed E-state index contributed by atoms with van der Waals surface area (Å²) in [4.78, 5) is 23.9. The Kier molecular flexibility index (Phi) is 4.15. The highest BCUT2D eigenvalue weighted by molar-refractivity contribution is 5.82. The number of carboxylic acids is 1. The second-order valence-electron chi connectivity index (χ2n) is 4.60. The number of nitrogens with zero attached hydrogens (tertiary/aromatic N) is 1. The first-order chi connectivity index (χ1) is 7.45. The van der Waals surface area contributed by atoms with Crippen molar-refractivity contribution in [1.82, 2.24) is 10.2 Å². The lowest BCUT2D eigenvalue weighted by Crippen LogP contribution is -2.46. The molecule has 92 valence electrons. The third-order valence-corrected chi connectivity index (χ3v) is 3.14. The van der Waals surface area contributed by atoms with Crippen LogP contribution in [0.3, 0.4) is 0 Å². The SMILES string of the molecule is CC[C@@H](NC(=O)N(C)CC1CC1C)C(=O)O. The molecule has 0 radical (unpaired) electrons. The number of nitrogens with one attached hydrogen (secondary N) is 1. The van der Waals surface area contributed by atoms with E-state index < -0.39 is 12.0 Å². The molecule has 0 aromatic rings. The minimum Gasteiger partial charge on any atom is -0.480 e. The zero-order valence-electron chi connectivity index (χ0n) is 10.1. The van der Waals surface area contributed by atoms with Crippen LogP contribution in [0.1, 0.15) is 26.7 Å². The van der Waals surface area contributed by atoms with Gasteiger partial charge in [-0.05, 0) is 24.7 Å². The predicted octanol–water partition coefficient (Wildman–Crippen LogP) is 1.15. The van der Waals surface area contributed by atoms with Crippen LogP contribution in [0.25, 0.3) is 0 Å². The zero-order chi connectivity index (χ0) is 12.3. The van der Waals surface area contributed by atoms with E-state index in [-0.39, 0.29) is 6.03 Å². The van der Waals surface area contributed by atoms with E-state index in [1.54, 1.807) is 18.9 Å². The average molecular weight is 228 g/mol. The van der Waals surface area contributed by atoms with Gasteiger partial charge in [0, 0.05) is 13.6 Å². The Morgan fingerprint density at radius 1 is 1.56 bits per heavy atom. The molecule has 5 heteroatoms. The molecule has 2 N–H and O–H groups in total. The van der Waals surface area contributed by atoms with E-state index in [9.17, 15) is 9.59 Å². The highest BCUT2D eigenvalue weighted by atomic mass is 16.4. The molecule has 1 aliphatic carbocycles. The lowest BCUT2D eigenvalue weighted by Gasteiger charge is -2.20. The molecule has 0 bridgehead atoms. The first-order valence-corrected chi connectivity index (χ1v) is 5.70. The number of carbonyl (C=O) groups excluding carboxylic acids is 1. The van der Waals surface area contributed by atoms with Gasteiger partial charge in [-0.15, -0.1) is 0 Å². The van der Waals surface area contributed by atoms with E-state index in [1.165, 1.54) is 0 Å². The maximum atomic E-state index is 11.6. The maximum Gasteiger partial charge on any atom is 0.326 e. The van der Waals surface area contributed by atoms with Crippen molar-refractivity contribution in [3.63, 3.8) is 0 Å². The Morgan fingerprint density at radius 3 is 2.50 bits per heavy atom. The summed E-state index contributed by atoms with van der Waals surface area (Å²) in [5.74, 6) is 0.293. The molecular weight excluding hydrogens is 208 g/mol. The fourth-order valence-electron chi connectivity index (χ4n) is 1.69. The van der Waals surface area contributed by atoms with Gasteiger partial charge in [0.25, 0.3) is 0 Å². The number of hydrogen-bond donors (Lipinski definition) is 2. The zero-order valence-corrected chi connectivity index (χ0v) is 10.1. The van der Waals surface area contributed by atoms with E-state index in [2.05, 4.69) is 12.2 Å². The minimum absolute atomic E-state index is 0.298. The highest BCUT2D eigenvalue weighted by Gasteiger charge is 2.34. The maximum absolute atomic E-state index is 11.6. The largest absolute Gasteiger partial charge is 0.480 e. The lowest BCUT2D eigenvalue weighted by molar-refractivity contribution is -0.139. The summed E-state index contributed by atoms with van der Waals surface area (Å²) in [6, 6.07) is -1.08. The summed E-state index contributed by atoms with van der Waals surface area (Å²) < 4.78 is 0. The van der Waals surface area contributed by atoms with Crippen LogP contribution >= 0.6 is 0 Å². The van der Waals surface area contributed by atoms with Crippen LogP contribution in [-0.4, -0.2) is 41.6 Å². The quantitative estimate of drug-likeness (QED) is 0.741. The number of carboxylic acid groups (broad SMARTS) is 1. The van der Waals surface area contributed by atoms with Gasteiger partial charge < -0.3 is 15.3 Å². The van der Waals surface area contributed by atoms with Crippen LogP contribution < -0.4 is 5.32 Å². The van der Waals surface area contributed by atoms with E-state index in [0.29, 0.717) is 24.8 Å². The first kappa shape index (κ1) is 12.8. The van der Waals surface area contributed by atoms with E-state index >= 15 is 0 Å². The van der Waals surface area contributed by atoms with Gasteiger partial charge in [0.05, 0.1) is 0 Å². The fourth-order valence-corrected chi connectivity index (χ4v) is 1.69. The van der Waals surface area contributed by atoms with Crippen molar-refractivity contribution in [3.05, 3.63) is 0 Å². The monoisotopic (exact) mass is 228 g/mol. The van der Waals surface area contributed by atoms with Crippen molar-refractivity contribution >= 4 is 12.0 Å². The van der Waals surface area contributed by atoms with Crippen LogP contribution in [0.2, 0.25) is 0 Å². The van der Waals surface area contributed by atoms with Gasteiger partial charge in [-0.2, -0.15) is 0 Å². The Labute approximate surface area is 95.8 Å². The van der Waals surface area contributed by atoms with Crippen LogP contribution in [0.4, 0.5) is 4.79 Å². The second kappa shape index (κ2) is 5.18. The summed E-state index contributed by atoms with van der Waals surface area (Å²) >= 11 is 0. The molecule has 1 rings (SSSR count). The molecule has 0 aliphatic heterocycles. The molecule has 2 unspecified atom stereocenters. The minimum atomic E-state index is -0.982. The van der Waals surface area contributed by atoms with E-state index in [1.807, 2.05) is 0 Å². The summed E-state index contributed by atoms with van der Waals surface area (Å²) in [7, 11) is 1.70.